The minimum atomic E-state index is -0.477. The van der Waals surface area contributed by atoms with Gasteiger partial charge in [0.1, 0.15) is 5.75 Å². The van der Waals surface area contributed by atoms with Gasteiger partial charge < -0.3 is 4.74 Å². The number of pyridine rings is 1. The molecular weight excluding hydrogens is 241 g/mol. The average molecular weight is 257 g/mol. The van der Waals surface area contributed by atoms with E-state index in [4.69, 9.17) is 4.74 Å². The third kappa shape index (κ3) is 2.75. The highest BCUT2D eigenvalue weighted by molar-refractivity contribution is 5.32. The second-order valence-corrected chi connectivity index (χ2v) is 4.92. The molecule has 0 bridgehead atoms. The Hall–Kier alpha value is -1.90. The molecule has 0 fully saturated rings. The maximum atomic E-state index is 12.7. The minimum absolute atomic E-state index is 0.426. The molecule has 98 valence electrons. The third-order valence-corrected chi connectivity index (χ3v) is 3.65. The normalized spacial score (nSPS) is 17.8. The van der Waals surface area contributed by atoms with Crippen molar-refractivity contribution in [2.75, 3.05) is 6.61 Å². The predicted octanol–water partition coefficient (Wildman–Crippen LogP) is 3.72. The van der Waals surface area contributed by atoms with E-state index < -0.39 is 5.95 Å². The molecule has 1 aliphatic carbocycles. The van der Waals surface area contributed by atoms with E-state index >= 15 is 0 Å². The van der Waals surface area contributed by atoms with Crippen molar-refractivity contribution >= 4 is 0 Å². The van der Waals surface area contributed by atoms with Gasteiger partial charge in [0.05, 0.1) is 12.8 Å². The van der Waals surface area contributed by atoms with E-state index in [0.29, 0.717) is 18.3 Å². The van der Waals surface area contributed by atoms with E-state index in [9.17, 15) is 4.39 Å². The molecule has 1 aliphatic rings. The van der Waals surface area contributed by atoms with Crippen molar-refractivity contribution in [3.05, 3.63) is 59.7 Å². The van der Waals surface area contributed by atoms with Crippen LogP contribution in [0, 0.1) is 5.95 Å². The summed E-state index contributed by atoms with van der Waals surface area (Å²) in [5.74, 6) is 0.579. The van der Waals surface area contributed by atoms with Gasteiger partial charge in [0.25, 0.3) is 0 Å². The van der Waals surface area contributed by atoms with E-state index in [1.54, 1.807) is 6.07 Å². The number of fused-ring (bicyclic) bond motifs is 1. The molecule has 1 aromatic heterocycles. The lowest BCUT2D eigenvalue weighted by Crippen LogP contribution is -2.16. The quantitative estimate of drug-likeness (QED) is 0.782. The highest BCUT2D eigenvalue weighted by Gasteiger charge is 2.20. The van der Waals surface area contributed by atoms with Crippen LogP contribution in [0.25, 0.3) is 0 Å². The Kier molecular flexibility index (Phi) is 3.45. The van der Waals surface area contributed by atoms with Gasteiger partial charge in [-0.3, -0.25) is 0 Å². The fourth-order valence-corrected chi connectivity index (χ4v) is 2.67. The van der Waals surface area contributed by atoms with Crippen molar-refractivity contribution in [3.63, 3.8) is 0 Å². The van der Waals surface area contributed by atoms with E-state index in [1.807, 2.05) is 0 Å². The zero-order valence-electron chi connectivity index (χ0n) is 10.7. The lowest BCUT2D eigenvalue weighted by Gasteiger charge is -2.25. The van der Waals surface area contributed by atoms with Crippen LogP contribution >= 0.6 is 0 Å². The summed E-state index contributed by atoms with van der Waals surface area (Å²) in [6.45, 7) is 0.629. The Labute approximate surface area is 112 Å². The molecule has 0 saturated carbocycles. The van der Waals surface area contributed by atoms with Crippen molar-refractivity contribution < 1.29 is 9.13 Å². The maximum absolute atomic E-state index is 12.7. The topological polar surface area (TPSA) is 22.1 Å². The first-order valence-electron chi connectivity index (χ1n) is 6.65. The second-order valence-electron chi connectivity index (χ2n) is 4.92. The molecule has 0 radical (unpaired) electrons. The van der Waals surface area contributed by atoms with Gasteiger partial charge >= 0.3 is 0 Å². The summed E-state index contributed by atoms with van der Waals surface area (Å²) in [6, 6.07) is 11.5. The molecule has 19 heavy (non-hydrogen) atoms. The van der Waals surface area contributed by atoms with E-state index in [0.717, 1.165) is 12.8 Å². The number of aromatic nitrogens is 1. The van der Waals surface area contributed by atoms with Gasteiger partial charge in [0.15, 0.2) is 0 Å². The summed E-state index contributed by atoms with van der Waals surface area (Å²) in [5, 5.41) is 0. The van der Waals surface area contributed by atoms with Gasteiger partial charge in [-0.2, -0.15) is 4.39 Å². The largest absolute Gasteiger partial charge is 0.491 e. The molecule has 1 atom stereocenters. The molecule has 0 aliphatic heterocycles. The number of hydrogen-bond donors (Lipinski definition) is 0. The number of hydrogen-bond acceptors (Lipinski definition) is 2. The third-order valence-electron chi connectivity index (χ3n) is 3.65. The zero-order chi connectivity index (χ0) is 13.1. The first-order chi connectivity index (χ1) is 9.33. The molecule has 1 heterocycles. The van der Waals surface area contributed by atoms with Crippen LogP contribution in [-0.2, 0) is 6.42 Å². The Morgan fingerprint density at radius 2 is 2.11 bits per heavy atom. The summed E-state index contributed by atoms with van der Waals surface area (Å²) in [5.41, 5.74) is 2.82. The highest BCUT2D eigenvalue weighted by Crippen LogP contribution is 2.31. The Morgan fingerprint density at radius 1 is 1.21 bits per heavy atom. The maximum Gasteiger partial charge on any atom is 0.213 e. The van der Waals surface area contributed by atoms with Gasteiger partial charge in [0.2, 0.25) is 5.95 Å². The molecular formula is C16H16FNO. The molecule has 1 aromatic carbocycles. The molecule has 0 saturated heterocycles. The Bertz CT molecular complexity index is 553. The van der Waals surface area contributed by atoms with Crippen LogP contribution < -0.4 is 4.74 Å². The van der Waals surface area contributed by atoms with E-state index in [2.05, 4.69) is 29.2 Å². The fraction of sp³-hybridized carbons (Fsp3) is 0.312. The molecule has 3 heteroatoms. The number of ether oxygens (including phenoxy) is 1. The molecule has 2 nitrogen and oxygen atoms in total. The Morgan fingerprint density at radius 3 is 2.95 bits per heavy atom. The van der Waals surface area contributed by atoms with Gasteiger partial charge in [-0.1, -0.05) is 24.3 Å². The number of rotatable bonds is 3. The standard InChI is InChI=1S/C16H16FNO/c17-16-9-8-14(10-18-16)19-11-13-6-3-5-12-4-1-2-7-15(12)13/h1-2,4,7-10,13H,3,5-6,11H2. The fourth-order valence-electron chi connectivity index (χ4n) is 2.67. The number of halogens is 1. The summed E-state index contributed by atoms with van der Waals surface area (Å²) in [6.07, 6.45) is 4.94. The smallest absolute Gasteiger partial charge is 0.213 e. The van der Waals surface area contributed by atoms with Crippen LogP contribution in [-0.4, -0.2) is 11.6 Å². The first kappa shape index (κ1) is 12.2. The molecule has 0 spiro atoms. The lowest BCUT2D eigenvalue weighted by molar-refractivity contribution is 0.273. The predicted molar refractivity (Wildman–Crippen MR) is 71.8 cm³/mol. The Balaban J connectivity index is 1.69. The van der Waals surface area contributed by atoms with Gasteiger partial charge in [-0.25, -0.2) is 4.98 Å². The number of aryl methyl sites for hydroxylation is 1. The average Bonchev–Trinajstić information content (AvgIpc) is 2.47. The molecule has 2 aromatic rings. The van der Waals surface area contributed by atoms with Crippen LogP contribution in [0.3, 0.4) is 0 Å². The van der Waals surface area contributed by atoms with Gasteiger partial charge in [-0.15, -0.1) is 0 Å². The van der Waals surface area contributed by atoms with Crippen LogP contribution in [0.5, 0.6) is 5.75 Å². The van der Waals surface area contributed by atoms with E-state index in [1.165, 1.54) is 29.8 Å². The van der Waals surface area contributed by atoms with Crippen molar-refractivity contribution in [1.82, 2.24) is 4.98 Å². The van der Waals surface area contributed by atoms with Gasteiger partial charge in [0, 0.05) is 5.92 Å². The number of nitrogens with zero attached hydrogens (tertiary/aromatic N) is 1. The molecule has 3 rings (SSSR count). The minimum Gasteiger partial charge on any atom is -0.491 e. The summed E-state index contributed by atoms with van der Waals surface area (Å²) in [4.78, 5) is 3.60. The molecule has 0 amide bonds. The zero-order valence-corrected chi connectivity index (χ0v) is 10.7. The monoisotopic (exact) mass is 257 g/mol. The lowest BCUT2D eigenvalue weighted by atomic mass is 9.83. The van der Waals surface area contributed by atoms with Crippen molar-refractivity contribution in [3.8, 4) is 5.75 Å². The molecule has 0 N–H and O–H groups in total. The highest BCUT2D eigenvalue weighted by atomic mass is 19.1. The summed E-state index contributed by atoms with van der Waals surface area (Å²) < 4.78 is 18.4. The van der Waals surface area contributed by atoms with Crippen molar-refractivity contribution in [2.45, 2.75) is 25.2 Å². The summed E-state index contributed by atoms with van der Waals surface area (Å²) in [7, 11) is 0. The van der Waals surface area contributed by atoms with Crippen LogP contribution in [0.1, 0.15) is 29.9 Å². The first-order valence-corrected chi connectivity index (χ1v) is 6.65. The van der Waals surface area contributed by atoms with Crippen LogP contribution in [0.2, 0.25) is 0 Å². The number of benzene rings is 1. The van der Waals surface area contributed by atoms with E-state index in [-0.39, 0.29) is 0 Å². The van der Waals surface area contributed by atoms with Crippen molar-refractivity contribution in [2.24, 2.45) is 0 Å². The van der Waals surface area contributed by atoms with Crippen LogP contribution in [0.4, 0.5) is 4.39 Å². The SMILES string of the molecule is Fc1ccc(OCC2CCCc3ccccc32)cn1. The van der Waals surface area contributed by atoms with Crippen LogP contribution in [0.15, 0.2) is 42.6 Å². The summed E-state index contributed by atoms with van der Waals surface area (Å²) >= 11 is 0. The van der Waals surface area contributed by atoms with Gasteiger partial charge in [-0.05, 0) is 42.5 Å². The molecule has 1 unspecified atom stereocenters. The second kappa shape index (κ2) is 5.39. The van der Waals surface area contributed by atoms with Crippen molar-refractivity contribution in [1.29, 1.82) is 0 Å².